The fraction of sp³-hybridized carbons (Fsp3) is 0.875. The van der Waals surface area contributed by atoms with Gasteiger partial charge in [0.15, 0.2) is 0 Å². The summed E-state index contributed by atoms with van der Waals surface area (Å²) in [6.07, 6.45) is 1.65. The summed E-state index contributed by atoms with van der Waals surface area (Å²) < 4.78 is 25.3. The third-order valence-corrected chi connectivity index (χ3v) is 3.86. The first kappa shape index (κ1) is 14.3. The number of nitrogens with zero attached hydrogens (tertiary/aromatic N) is 2. The van der Waals surface area contributed by atoms with Crippen molar-refractivity contribution in [2.24, 2.45) is 0 Å². The fourth-order valence-electron chi connectivity index (χ4n) is 1.01. The number of carboxylic acids is 1. The summed E-state index contributed by atoms with van der Waals surface area (Å²) in [5.41, 5.74) is 0. The minimum Gasteiger partial charge on any atom is -0.480 e. The highest BCUT2D eigenvalue weighted by molar-refractivity contribution is 7.86. The maximum atomic E-state index is 11.7. The molecule has 7 heteroatoms. The molecule has 0 radical (unpaired) electrons. The Labute approximate surface area is 90.7 Å². The third kappa shape index (κ3) is 4.59. The van der Waals surface area contributed by atoms with Gasteiger partial charge in [-0.1, -0.05) is 13.3 Å². The molecule has 0 saturated carbocycles. The van der Waals surface area contributed by atoms with Gasteiger partial charge in [-0.25, -0.2) is 0 Å². The molecule has 0 fully saturated rings. The minimum atomic E-state index is -3.62. The molecule has 15 heavy (non-hydrogen) atoms. The van der Waals surface area contributed by atoms with E-state index in [0.29, 0.717) is 6.54 Å². The Balaban J connectivity index is 4.45. The summed E-state index contributed by atoms with van der Waals surface area (Å²) >= 11 is 0. The van der Waals surface area contributed by atoms with Gasteiger partial charge in [0.05, 0.1) is 0 Å². The number of carboxylic acid groups (broad SMARTS) is 1. The lowest BCUT2D eigenvalue weighted by Gasteiger charge is -2.22. The molecule has 0 saturated heterocycles. The van der Waals surface area contributed by atoms with E-state index in [0.717, 1.165) is 17.1 Å². The van der Waals surface area contributed by atoms with Crippen molar-refractivity contribution >= 4 is 16.2 Å². The molecule has 0 atom stereocenters. The second-order valence-corrected chi connectivity index (χ2v) is 5.48. The first-order valence-electron chi connectivity index (χ1n) is 4.71. The van der Waals surface area contributed by atoms with Gasteiger partial charge in [0.25, 0.3) is 10.2 Å². The average Bonchev–Trinajstić information content (AvgIpc) is 2.12. The average molecular weight is 238 g/mol. The van der Waals surface area contributed by atoms with Crippen LogP contribution >= 0.6 is 0 Å². The van der Waals surface area contributed by atoms with E-state index in [9.17, 15) is 13.2 Å². The first-order chi connectivity index (χ1) is 6.82. The first-order valence-corrected chi connectivity index (χ1v) is 6.11. The van der Waals surface area contributed by atoms with Crippen LogP contribution in [0.25, 0.3) is 0 Å². The number of rotatable bonds is 7. The highest BCUT2D eigenvalue weighted by Crippen LogP contribution is 2.04. The zero-order valence-electron chi connectivity index (χ0n) is 9.30. The van der Waals surface area contributed by atoms with Gasteiger partial charge >= 0.3 is 5.97 Å². The molecule has 0 aromatic heterocycles. The van der Waals surface area contributed by atoms with Gasteiger partial charge in [-0.3, -0.25) is 4.79 Å². The van der Waals surface area contributed by atoms with E-state index in [1.807, 2.05) is 6.92 Å². The van der Waals surface area contributed by atoms with Gasteiger partial charge in [0.2, 0.25) is 0 Å². The van der Waals surface area contributed by atoms with E-state index < -0.39 is 22.7 Å². The summed E-state index contributed by atoms with van der Waals surface area (Å²) in [5, 5.41) is 8.48. The molecule has 1 N–H and O–H groups in total. The fourth-order valence-corrected chi connectivity index (χ4v) is 2.12. The molecule has 0 aromatic carbocycles. The van der Waals surface area contributed by atoms with Crippen LogP contribution in [0.1, 0.15) is 19.8 Å². The maximum Gasteiger partial charge on any atom is 0.318 e. The largest absolute Gasteiger partial charge is 0.480 e. The maximum absolute atomic E-state index is 11.7. The number of likely N-dealkylation sites (N-methyl/N-ethyl adjacent to an activating group) is 1. The topological polar surface area (TPSA) is 77.9 Å². The van der Waals surface area contributed by atoms with Crippen molar-refractivity contribution in [3.63, 3.8) is 0 Å². The smallest absolute Gasteiger partial charge is 0.318 e. The normalized spacial score (nSPS) is 12.3. The van der Waals surface area contributed by atoms with Crippen LogP contribution in [0.3, 0.4) is 0 Å². The van der Waals surface area contributed by atoms with E-state index in [4.69, 9.17) is 5.11 Å². The predicted molar refractivity (Wildman–Crippen MR) is 56.7 cm³/mol. The highest BCUT2D eigenvalue weighted by Gasteiger charge is 2.24. The van der Waals surface area contributed by atoms with Crippen LogP contribution in [0.2, 0.25) is 0 Å². The van der Waals surface area contributed by atoms with Crippen LogP contribution in [-0.2, 0) is 15.0 Å². The van der Waals surface area contributed by atoms with Gasteiger partial charge < -0.3 is 5.11 Å². The van der Waals surface area contributed by atoms with Crippen LogP contribution in [0.4, 0.5) is 0 Å². The molecule has 0 aliphatic heterocycles. The molecule has 90 valence electrons. The third-order valence-electron chi connectivity index (χ3n) is 1.97. The summed E-state index contributed by atoms with van der Waals surface area (Å²) in [5.74, 6) is -1.16. The molecule has 0 aliphatic carbocycles. The van der Waals surface area contributed by atoms with Gasteiger partial charge in [-0.2, -0.15) is 17.0 Å². The van der Waals surface area contributed by atoms with Crippen molar-refractivity contribution < 1.29 is 18.3 Å². The molecular formula is C8H18N2O4S. The van der Waals surface area contributed by atoms with E-state index in [1.54, 1.807) is 0 Å². The van der Waals surface area contributed by atoms with E-state index >= 15 is 0 Å². The van der Waals surface area contributed by atoms with Crippen LogP contribution in [-0.4, -0.2) is 55.3 Å². The number of hydrogen-bond acceptors (Lipinski definition) is 3. The highest BCUT2D eigenvalue weighted by atomic mass is 32.2. The summed E-state index contributed by atoms with van der Waals surface area (Å²) in [6, 6.07) is 0. The number of carbonyl (C=O) groups is 1. The lowest BCUT2D eigenvalue weighted by atomic mass is 10.3. The van der Waals surface area contributed by atoms with Crippen LogP contribution in [0, 0.1) is 0 Å². The summed E-state index contributed by atoms with van der Waals surface area (Å²) in [4.78, 5) is 10.4. The second-order valence-electron chi connectivity index (χ2n) is 3.33. The summed E-state index contributed by atoms with van der Waals surface area (Å²) in [6.45, 7) is 1.85. The standard InChI is InChI=1S/C8H18N2O4S/c1-4-5-6-9(2)15(13,14)10(3)7-8(11)12/h4-7H2,1-3H3,(H,11,12). The molecule has 0 spiro atoms. The van der Waals surface area contributed by atoms with Crippen molar-refractivity contribution in [3.8, 4) is 0 Å². The summed E-state index contributed by atoms with van der Waals surface area (Å²) in [7, 11) is -0.917. The lowest BCUT2D eigenvalue weighted by Crippen LogP contribution is -2.42. The van der Waals surface area contributed by atoms with Gasteiger partial charge in [0.1, 0.15) is 6.54 Å². The van der Waals surface area contributed by atoms with Crippen molar-refractivity contribution in [3.05, 3.63) is 0 Å². The Bertz CT molecular complexity index is 302. The molecule has 0 bridgehead atoms. The monoisotopic (exact) mass is 238 g/mol. The van der Waals surface area contributed by atoms with Crippen LogP contribution in [0.5, 0.6) is 0 Å². The Morgan fingerprint density at radius 1 is 1.27 bits per heavy atom. The quantitative estimate of drug-likeness (QED) is 0.676. The lowest BCUT2D eigenvalue weighted by molar-refractivity contribution is -0.137. The van der Waals surface area contributed by atoms with Crippen molar-refractivity contribution in [2.45, 2.75) is 19.8 Å². The Hall–Kier alpha value is -0.660. The van der Waals surface area contributed by atoms with E-state index in [1.165, 1.54) is 18.4 Å². The SMILES string of the molecule is CCCCN(C)S(=O)(=O)N(C)CC(=O)O. The van der Waals surface area contributed by atoms with Gasteiger partial charge in [0, 0.05) is 20.6 Å². The van der Waals surface area contributed by atoms with E-state index in [-0.39, 0.29) is 0 Å². The molecule has 0 amide bonds. The predicted octanol–water partition coefficient (Wildman–Crippen LogP) is -0.0205. The zero-order chi connectivity index (χ0) is 12.1. The van der Waals surface area contributed by atoms with Gasteiger partial charge in [-0.05, 0) is 6.42 Å². The van der Waals surface area contributed by atoms with Crippen molar-refractivity contribution in [1.29, 1.82) is 0 Å². The zero-order valence-corrected chi connectivity index (χ0v) is 10.1. The molecule has 0 unspecified atom stereocenters. The molecular weight excluding hydrogens is 220 g/mol. The van der Waals surface area contributed by atoms with Crippen LogP contribution < -0.4 is 0 Å². The van der Waals surface area contributed by atoms with Crippen molar-refractivity contribution in [1.82, 2.24) is 8.61 Å². The van der Waals surface area contributed by atoms with Crippen LogP contribution in [0.15, 0.2) is 0 Å². The molecule has 0 aromatic rings. The molecule has 0 heterocycles. The van der Waals surface area contributed by atoms with Gasteiger partial charge in [-0.15, -0.1) is 0 Å². The Kier molecular flexibility index (Phi) is 5.77. The van der Waals surface area contributed by atoms with E-state index in [2.05, 4.69) is 0 Å². The number of aliphatic carboxylic acids is 1. The Morgan fingerprint density at radius 2 is 1.80 bits per heavy atom. The molecule has 6 nitrogen and oxygen atoms in total. The Morgan fingerprint density at radius 3 is 2.20 bits per heavy atom. The number of unbranched alkanes of at least 4 members (excludes halogenated alkanes) is 1. The number of hydrogen-bond donors (Lipinski definition) is 1. The van der Waals surface area contributed by atoms with Crippen molar-refractivity contribution in [2.75, 3.05) is 27.2 Å². The molecule has 0 rings (SSSR count). The second kappa shape index (κ2) is 6.04. The molecule has 0 aliphatic rings. The minimum absolute atomic E-state index is 0.406.